The second kappa shape index (κ2) is 8.46. The molecule has 6 nitrogen and oxygen atoms in total. The van der Waals surface area contributed by atoms with Gasteiger partial charge < -0.3 is 19.9 Å². The second-order valence-corrected chi connectivity index (χ2v) is 7.10. The highest BCUT2D eigenvalue weighted by atomic mass is 16.5. The monoisotopic (exact) mass is 378 g/mol. The van der Waals surface area contributed by atoms with E-state index in [1.165, 1.54) is 5.39 Å². The number of amides is 2. The topological polar surface area (TPSA) is 60.6 Å². The van der Waals surface area contributed by atoms with Crippen LogP contribution in [0.15, 0.2) is 54.6 Å². The normalized spacial score (nSPS) is 15.1. The lowest BCUT2D eigenvalue weighted by Crippen LogP contribution is -2.50. The van der Waals surface area contributed by atoms with Crippen LogP contribution >= 0.6 is 0 Å². The number of benzene rings is 2. The molecule has 1 aromatic heterocycles. The molecule has 6 heteroatoms. The highest BCUT2D eigenvalue weighted by Crippen LogP contribution is 2.25. The van der Waals surface area contributed by atoms with Crippen molar-refractivity contribution >= 4 is 22.6 Å². The van der Waals surface area contributed by atoms with E-state index in [-0.39, 0.29) is 6.03 Å². The summed E-state index contributed by atoms with van der Waals surface area (Å²) in [5.74, 6) is 0. The van der Waals surface area contributed by atoms with Crippen molar-refractivity contribution in [1.82, 2.24) is 14.8 Å². The molecule has 2 heterocycles. The number of hydrogen-bond acceptors (Lipinski definition) is 3. The third-order valence-corrected chi connectivity index (χ3v) is 5.25. The molecule has 1 saturated heterocycles. The van der Waals surface area contributed by atoms with Crippen molar-refractivity contribution in [3.8, 4) is 11.3 Å². The molecule has 1 aliphatic heterocycles. The van der Waals surface area contributed by atoms with Gasteiger partial charge in [0.2, 0.25) is 0 Å². The number of rotatable bonds is 5. The molecule has 146 valence electrons. The molecule has 28 heavy (non-hydrogen) atoms. The number of hydrogen-bond donors (Lipinski definition) is 2. The van der Waals surface area contributed by atoms with E-state index >= 15 is 0 Å². The molecule has 1 aliphatic rings. The molecule has 2 aromatic carbocycles. The number of nitrogens with zero attached hydrogens (tertiary/aromatic N) is 2. The standard InChI is InChI=1S/C22H26N4O2/c1-28-15-14-25-10-12-26(13-11-25)22(27)23-19-8-6-17(7-9-19)21-16-18-4-2-3-5-20(18)24-21/h2-9,16,24H,10-15H2,1H3,(H,23,27). The number of H-pyrrole nitrogens is 1. The van der Waals surface area contributed by atoms with Gasteiger partial charge in [0.25, 0.3) is 0 Å². The van der Waals surface area contributed by atoms with Gasteiger partial charge >= 0.3 is 6.03 Å². The van der Waals surface area contributed by atoms with Crippen molar-refractivity contribution in [3.63, 3.8) is 0 Å². The molecule has 0 radical (unpaired) electrons. The lowest BCUT2D eigenvalue weighted by molar-refractivity contribution is 0.109. The number of ether oxygens (including phenoxy) is 1. The van der Waals surface area contributed by atoms with Crippen LogP contribution in [0.25, 0.3) is 22.2 Å². The number of carbonyl (C=O) groups is 1. The minimum Gasteiger partial charge on any atom is -0.383 e. The fourth-order valence-corrected chi connectivity index (χ4v) is 3.56. The molecule has 0 saturated carbocycles. The molecule has 0 bridgehead atoms. The van der Waals surface area contributed by atoms with Crippen molar-refractivity contribution in [1.29, 1.82) is 0 Å². The molecule has 0 unspecified atom stereocenters. The largest absolute Gasteiger partial charge is 0.383 e. The molecule has 3 aromatic rings. The van der Waals surface area contributed by atoms with E-state index < -0.39 is 0 Å². The number of aromatic nitrogens is 1. The van der Waals surface area contributed by atoms with Crippen molar-refractivity contribution in [2.45, 2.75) is 0 Å². The van der Waals surface area contributed by atoms with Crippen LogP contribution in [0.5, 0.6) is 0 Å². The summed E-state index contributed by atoms with van der Waals surface area (Å²) in [6.45, 7) is 4.90. The Balaban J connectivity index is 1.35. The van der Waals surface area contributed by atoms with Crippen LogP contribution in [0.1, 0.15) is 0 Å². The Kier molecular flexibility index (Phi) is 5.60. The summed E-state index contributed by atoms with van der Waals surface area (Å²) >= 11 is 0. The van der Waals surface area contributed by atoms with E-state index in [2.05, 4.69) is 33.4 Å². The minimum absolute atomic E-state index is 0.0373. The fourth-order valence-electron chi connectivity index (χ4n) is 3.56. The van der Waals surface area contributed by atoms with E-state index in [0.29, 0.717) is 0 Å². The summed E-state index contributed by atoms with van der Waals surface area (Å²) in [5.41, 5.74) is 4.11. The molecular weight excluding hydrogens is 352 g/mol. The number of aromatic amines is 1. The Morgan fingerprint density at radius 1 is 1.07 bits per heavy atom. The Hall–Kier alpha value is -2.83. The maximum atomic E-state index is 12.5. The molecular formula is C22H26N4O2. The third-order valence-electron chi connectivity index (χ3n) is 5.25. The SMILES string of the molecule is COCCN1CCN(C(=O)Nc2ccc(-c3cc4ccccc4[nH]3)cc2)CC1. The maximum Gasteiger partial charge on any atom is 0.321 e. The molecule has 2 amide bonds. The summed E-state index contributed by atoms with van der Waals surface area (Å²) in [6, 6.07) is 18.3. The number of nitrogens with one attached hydrogen (secondary N) is 2. The van der Waals surface area contributed by atoms with Crippen molar-refractivity contribution in [2.24, 2.45) is 0 Å². The highest BCUT2D eigenvalue weighted by Gasteiger charge is 2.20. The van der Waals surface area contributed by atoms with Gasteiger partial charge in [0, 0.05) is 62.1 Å². The molecule has 0 atom stereocenters. The Morgan fingerprint density at radius 2 is 1.82 bits per heavy atom. The number of para-hydroxylation sites is 1. The van der Waals surface area contributed by atoms with Gasteiger partial charge in [-0.15, -0.1) is 0 Å². The van der Waals surface area contributed by atoms with Gasteiger partial charge in [-0.1, -0.05) is 30.3 Å². The van der Waals surface area contributed by atoms with Gasteiger partial charge in [-0.05, 0) is 29.8 Å². The van der Waals surface area contributed by atoms with E-state index in [9.17, 15) is 4.79 Å². The predicted molar refractivity (Wildman–Crippen MR) is 113 cm³/mol. The zero-order valence-electron chi connectivity index (χ0n) is 16.1. The summed E-state index contributed by atoms with van der Waals surface area (Å²) in [4.78, 5) is 20.2. The maximum absolute atomic E-state index is 12.5. The van der Waals surface area contributed by atoms with Crippen molar-refractivity contribution in [2.75, 3.05) is 51.8 Å². The third kappa shape index (κ3) is 4.18. The molecule has 2 N–H and O–H groups in total. The summed E-state index contributed by atoms with van der Waals surface area (Å²) in [6.07, 6.45) is 0. The van der Waals surface area contributed by atoms with E-state index in [4.69, 9.17) is 4.74 Å². The lowest BCUT2D eigenvalue weighted by atomic mass is 10.1. The van der Waals surface area contributed by atoms with Crippen LogP contribution in [0.2, 0.25) is 0 Å². The van der Waals surface area contributed by atoms with Crippen LogP contribution in [-0.4, -0.2) is 67.3 Å². The number of urea groups is 1. The highest BCUT2D eigenvalue weighted by molar-refractivity contribution is 5.90. The zero-order valence-corrected chi connectivity index (χ0v) is 16.1. The van der Waals surface area contributed by atoms with Crippen molar-refractivity contribution < 1.29 is 9.53 Å². The molecule has 0 aliphatic carbocycles. The first kappa shape index (κ1) is 18.5. The average Bonchev–Trinajstić information content (AvgIpc) is 3.17. The van der Waals surface area contributed by atoms with E-state index in [1.807, 2.05) is 41.3 Å². The molecule has 1 fully saturated rings. The van der Waals surface area contributed by atoms with Gasteiger partial charge in [0.05, 0.1) is 6.61 Å². The summed E-state index contributed by atoms with van der Waals surface area (Å²) in [5, 5.41) is 4.20. The van der Waals surface area contributed by atoms with E-state index in [0.717, 1.165) is 61.8 Å². The number of carbonyl (C=O) groups excluding carboxylic acids is 1. The van der Waals surface area contributed by atoms with Gasteiger partial charge in [0.15, 0.2) is 0 Å². The number of anilines is 1. The quantitative estimate of drug-likeness (QED) is 0.713. The first-order valence-corrected chi connectivity index (χ1v) is 9.68. The Morgan fingerprint density at radius 3 is 2.54 bits per heavy atom. The first-order valence-electron chi connectivity index (χ1n) is 9.68. The number of methoxy groups -OCH3 is 1. The van der Waals surface area contributed by atoms with Gasteiger partial charge in [-0.3, -0.25) is 4.90 Å². The minimum atomic E-state index is -0.0373. The van der Waals surface area contributed by atoms with Crippen LogP contribution in [0.3, 0.4) is 0 Å². The molecule has 0 spiro atoms. The van der Waals surface area contributed by atoms with Crippen LogP contribution in [-0.2, 0) is 4.74 Å². The van der Waals surface area contributed by atoms with Gasteiger partial charge in [0.1, 0.15) is 0 Å². The second-order valence-electron chi connectivity index (χ2n) is 7.10. The van der Waals surface area contributed by atoms with Gasteiger partial charge in [-0.2, -0.15) is 0 Å². The van der Waals surface area contributed by atoms with Crippen LogP contribution < -0.4 is 5.32 Å². The average molecular weight is 378 g/mol. The first-order chi connectivity index (χ1) is 13.7. The number of piperazine rings is 1. The van der Waals surface area contributed by atoms with Crippen LogP contribution in [0.4, 0.5) is 10.5 Å². The summed E-state index contributed by atoms with van der Waals surface area (Å²) < 4.78 is 5.12. The predicted octanol–water partition coefficient (Wildman–Crippen LogP) is 3.63. The lowest BCUT2D eigenvalue weighted by Gasteiger charge is -2.34. The van der Waals surface area contributed by atoms with Crippen LogP contribution in [0, 0.1) is 0 Å². The Labute approximate surface area is 165 Å². The summed E-state index contributed by atoms with van der Waals surface area (Å²) in [7, 11) is 1.72. The van der Waals surface area contributed by atoms with Gasteiger partial charge in [-0.25, -0.2) is 4.79 Å². The smallest absolute Gasteiger partial charge is 0.321 e. The number of fused-ring (bicyclic) bond motifs is 1. The molecule has 4 rings (SSSR count). The van der Waals surface area contributed by atoms with Crippen molar-refractivity contribution in [3.05, 3.63) is 54.6 Å². The Bertz CT molecular complexity index is 894. The zero-order chi connectivity index (χ0) is 19.3. The van der Waals surface area contributed by atoms with E-state index in [1.54, 1.807) is 7.11 Å². The fraction of sp³-hybridized carbons (Fsp3) is 0.318.